The van der Waals surface area contributed by atoms with Crippen LogP contribution in [0.2, 0.25) is 0 Å². The van der Waals surface area contributed by atoms with Crippen LogP contribution in [-0.2, 0) is 0 Å². The standard InChI is InChI=1S/C24H19N5O2/c1-15-5-7-22-20(12-15)29-24(31-22)28-17-6-8-21(16(2)13-17)30-23-18(4-3-10-26-23)19-9-11-25-14-27-19/h3-14H,1-2H3,(H,28,29). The number of rotatable bonds is 5. The summed E-state index contributed by atoms with van der Waals surface area (Å²) in [4.78, 5) is 17.2. The summed E-state index contributed by atoms with van der Waals surface area (Å²) >= 11 is 0. The van der Waals surface area contributed by atoms with Crippen molar-refractivity contribution in [3.63, 3.8) is 0 Å². The molecule has 0 saturated carbocycles. The highest BCUT2D eigenvalue weighted by Crippen LogP contribution is 2.33. The van der Waals surface area contributed by atoms with E-state index in [4.69, 9.17) is 9.15 Å². The fourth-order valence-electron chi connectivity index (χ4n) is 3.28. The maximum atomic E-state index is 6.12. The zero-order valence-electron chi connectivity index (χ0n) is 17.0. The van der Waals surface area contributed by atoms with Crippen LogP contribution >= 0.6 is 0 Å². The third kappa shape index (κ3) is 3.93. The van der Waals surface area contributed by atoms with Gasteiger partial charge in [-0.15, -0.1) is 0 Å². The molecule has 5 aromatic rings. The molecule has 31 heavy (non-hydrogen) atoms. The van der Waals surface area contributed by atoms with Gasteiger partial charge < -0.3 is 14.5 Å². The summed E-state index contributed by atoms with van der Waals surface area (Å²) in [5.41, 5.74) is 6.05. The average molecular weight is 409 g/mol. The van der Waals surface area contributed by atoms with E-state index in [1.807, 2.05) is 68.4 Å². The summed E-state index contributed by atoms with van der Waals surface area (Å²) in [6.07, 6.45) is 4.89. The number of ether oxygens (including phenoxy) is 1. The van der Waals surface area contributed by atoms with E-state index in [1.165, 1.54) is 6.33 Å². The van der Waals surface area contributed by atoms with Gasteiger partial charge in [0.1, 0.15) is 17.6 Å². The van der Waals surface area contributed by atoms with Gasteiger partial charge in [0.05, 0.1) is 11.3 Å². The lowest BCUT2D eigenvalue weighted by atomic mass is 10.2. The lowest BCUT2D eigenvalue weighted by Gasteiger charge is -2.12. The van der Waals surface area contributed by atoms with Gasteiger partial charge in [-0.3, -0.25) is 0 Å². The smallest absolute Gasteiger partial charge is 0.300 e. The lowest BCUT2D eigenvalue weighted by molar-refractivity contribution is 0.461. The van der Waals surface area contributed by atoms with Gasteiger partial charge in [0.15, 0.2) is 5.58 Å². The van der Waals surface area contributed by atoms with E-state index in [0.717, 1.165) is 39.2 Å². The molecule has 0 atom stereocenters. The molecule has 0 bridgehead atoms. The van der Waals surface area contributed by atoms with Crippen LogP contribution < -0.4 is 10.1 Å². The molecule has 2 aromatic carbocycles. The van der Waals surface area contributed by atoms with Crippen molar-refractivity contribution in [3.8, 4) is 22.9 Å². The molecule has 0 fully saturated rings. The molecule has 0 aliphatic heterocycles. The van der Waals surface area contributed by atoms with E-state index < -0.39 is 0 Å². The van der Waals surface area contributed by atoms with E-state index in [-0.39, 0.29) is 0 Å². The topological polar surface area (TPSA) is 86.0 Å². The Morgan fingerprint density at radius 1 is 0.935 bits per heavy atom. The number of nitrogens with one attached hydrogen (secondary N) is 1. The van der Waals surface area contributed by atoms with Gasteiger partial charge in [-0.2, -0.15) is 4.98 Å². The molecular weight excluding hydrogens is 390 g/mol. The molecule has 0 aliphatic carbocycles. The number of hydrogen-bond donors (Lipinski definition) is 1. The molecule has 7 heteroatoms. The predicted octanol–water partition coefficient (Wildman–Crippen LogP) is 5.83. The zero-order chi connectivity index (χ0) is 21.2. The molecule has 152 valence electrons. The minimum atomic E-state index is 0.449. The fraction of sp³-hybridized carbons (Fsp3) is 0.0833. The molecule has 0 aliphatic rings. The van der Waals surface area contributed by atoms with E-state index in [9.17, 15) is 0 Å². The van der Waals surface area contributed by atoms with E-state index in [0.29, 0.717) is 17.6 Å². The second-order valence-electron chi connectivity index (χ2n) is 7.15. The van der Waals surface area contributed by atoms with Gasteiger partial charge >= 0.3 is 0 Å². The number of aromatic nitrogens is 4. The van der Waals surface area contributed by atoms with Gasteiger partial charge in [0, 0.05) is 18.1 Å². The number of fused-ring (bicyclic) bond motifs is 1. The largest absolute Gasteiger partial charge is 0.438 e. The molecule has 7 nitrogen and oxygen atoms in total. The summed E-state index contributed by atoms with van der Waals surface area (Å²) < 4.78 is 11.9. The highest BCUT2D eigenvalue weighted by molar-refractivity contribution is 5.76. The van der Waals surface area contributed by atoms with Gasteiger partial charge in [-0.05, 0) is 73.5 Å². The Labute approximate surface area is 178 Å². The van der Waals surface area contributed by atoms with Crippen molar-refractivity contribution < 1.29 is 9.15 Å². The number of anilines is 2. The average Bonchev–Trinajstić information content (AvgIpc) is 3.18. The van der Waals surface area contributed by atoms with Crippen LogP contribution in [0.25, 0.3) is 22.4 Å². The predicted molar refractivity (Wildman–Crippen MR) is 119 cm³/mol. The minimum absolute atomic E-state index is 0.449. The Kier molecular flexibility index (Phi) is 4.76. The number of hydrogen-bond acceptors (Lipinski definition) is 7. The first-order valence-electron chi connectivity index (χ1n) is 9.80. The first-order chi connectivity index (χ1) is 15.2. The van der Waals surface area contributed by atoms with E-state index in [2.05, 4.69) is 25.3 Å². The third-order valence-corrected chi connectivity index (χ3v) is 4.80. The number of benzene rings is 2. The van der Waals surface area contributed by atoms with Crippen molar-refractivity contribution in [2.45, 2.75) is 13.8 Å². The SMILES string of the molecule is Cc1ccc2oc(Nc3ccc(Oc4ncccc4-c4ccncn4)c(C)c3)nc2c1. The number of oxazole rings is 1. The summed E-state index contributed by atoms with van der Waals surface area (Å²) in [5.74, 6) is 1.19. The molecule has 5 rings (SSSR count). The molecule has 0 amide bonds. The van der Waals surface area contributed by atoms with Crippen molar-refractivity contribution in [2.75, 3.05) is 5.32 Å². The van der Waals surface area contributed by atoms with Crippen molar-refractivity contribution in [1.29, 1.82) is 0 Å². The first-order valence-corrected chi connectivity index (χ1v) is 9.80. The summed E-state index contributed by atoms with van der Waals surface area (Å²) in [6, 6.07) is 17.7. The van der Waals surface area contributed by atoms with Crippen LogP contribution in [0.5, 0.6) is 11.6 Å². The monoisotopic (exact) mass is 409 g/mol. The van der Waals surface area contributed by atoms with Crippen LogP contribution in [-0.4, -0.2) is 19.9 Å². The van der Waals surface area contributed by atoms with Crippen molar-refractivity contribution in [3.05, 3.63) is 84.4 Å². The Balaban J connectivity index is 1.39. The Morgan fingerprint density at radius 3 is 2.71 bits per heavy atom. The molecule has 0 spiro atoms. The molecule has 0 radical (unpaired) electrons. The molecule has 0 unspecified atom stereocenters. The maximum Gasteiger partial charge on any atom is 0.300 e. The molecule has 1 N–H and O–H groups in total. The summed E-state index contributed by atoms with van der Waals surface area (Å²) in [7, 11) is 0. The highest BCUT2D eigenvalue weighted by atomic mass is 16.5. The normalized spacial score (nSPS) is 10.9. The van der Waals surface area contributed by atoms with Crippen molar-refractivity contribution >= 4 is 22.8 Å². The van der Waals surface area contributed by atoms with Crippen LogP contribution in [0.15, 0.2) is 77.7 Å². The third-order valence-electron chi connectivity index (χ3n) is 4.80. The summed E-state index contributed by atoms with van der Waals surface area (Å²) in [6.45, 7) is 4.00. The maximum absolute atomic E-state index is 6.12. The molecule has 3 heterocycles. The number of aryl methyl sites for hydroxylation is 2. The molecular formula is C24H19N5O2. The Hall–Kier alpha value is -4.26. The van der Waals surface area contributed by atoms with E-state index in [1.54, 1.807) is 12.4 Å². The van der Waals surface area contributed by atoms with Gasteiger partial charge in [0.2, 0.25) is 5.88 Å². The Bertz CT molecular complexity index is 1370. The zero-order valence-corrected chi connectivity index (χ0v) is 17.0. The second-order valence-corrected chi connectivity index (χ2v) is 7.15. The minimum Gasteiger partial charge on any atom is -0.438 e. The first kappa shape index (κ1) is 18.7. The molecule has 3 aromatic heterocycles. The second kappa shape index (κ2) is 7.87. The summed E-state index contributed by atoms with van der Waals surface area (Å²) in [5, 5.41) is 3.22. The van der Waals surface area contributed by atoms with Crippen LogP contribution in [0.3, 0.4) is 0 Å². The quantitative estimate of drug-likeness (QED) is 0.391. The van der Waals surface area contributed by atoms with Crippen molar-refractivity contribution in [1.82, 2.24) is 19.9 Å². The fourth-order valence-corrected chi connectivity index (χ4v) is 3.28. The van der Waals surface area contributed by atoms with Gasteiger partial charge in [0.25, 0.3) is 6.01 Å². The van der Waals surface area contributed by atoms with Crippen LogP contribution in [0.4, 0.5) is 11.7 Å². The van der Waals surface area contributed by atoms with Crippen LogP contribution in [0.1, 0.15) is 11.1 Å². The van der Waals surface area contributed by atoms with Gasteiger partial charge in [-0.25, -0.2) is 15.0 Å². The number of pyridine rings is 1. The van der Waals surface area contributed by atoms with E-state index >= 15 is 0 Å². The number of nitrogens with zero attached hydrogens (tertiary/aromatic N) is 4. The Morgan fingerprint density at radius 2 is 1.87 bits per heavy atom. The molecule has 0 saturated heterocycles. The van der Waals surface area contributed by atoms with Crippen LogP contribution in [0, 0.1) is 13.8 Å². The lowest BCUT2D eigenvalue weighted by Crippen LogP contribution is -1.96. The van der Waals surface area contributed by atoms with Crippen molar-refractivity contribution in [2.24, 2.45) is 0 Å². The van der Waals surface area contributed by atoms with Gasteiger partial charge in [-0.1, -0.05) is 6.07 Å². The highest BCUT2D eigenvalue weighted by Gasteiger charge is 2.12.